The van der Waals surface area contributed by atoms with E-state index in [0.29, 0.717) is 29.2 Å². The fourth-order valence-corrected chi connectivity index (χ4v) is 2.32. The van der Waals surface area contributed by atoms with Gasteiger partial charge in [-0.15, -0.1) is 0 Å². The normalized spacial score (nSPS) is 11.6. The van der Waals surface area contributed by atoms with E-state index >= 15 is 0 Å². The quantitative estimate of drug-likeness (QED) is 0.809. The van der Waals surface area contributed by atoms with E-state index in [4.69, 9.17) is 14.2 Å². The van der Waals surface area contributed by atoms with Crippen LogP contribution in [0.25, 0.3) is 0 Å². The van der Waals surface area contributed by atoms with Crippen LogP contribution in [0.1, 0.15) is 17.9 Å². The van der Waals surface area contributed by atoms with Crippen molar-refractivity contribution in [1.82, 2.24) is 0 Å². The molecule has 0 amide bonds. The van der Waals surface area contributed by atoms with Gasteiger partial charge >= 0.3 is 5.97 Å². The van der Waals surface area contributed by atoms with Crippen LogP contribution in [0.4, 0.5) is 0 Å². The molecule has 2 aromatic carbocycles. The van der Waals surface area contributed by atoms with Gasteiger partial charge in [-0.25, -0.2) is 0 Å². The van der Waals surface area contributed by atoms with Crippen molar-refractivity contribution in [3.63, 3.8) is 0 Å². The van der Waals surface area contributed by atoms with Crippen molar-refractivity contribution >= 4 is 5.97 Å². The smallest absolute Gasteiger partial charge is 0.311 e. The molecule has 0 saturated heterocycles. The van der Waals surface area contributed by atoms with E-state index in [0.717, 1.165) is 0 Å². The standard InChI is InChI=1S/C18H20O5/c1-21-14-7-5-6-13(12-14)15(18(19)20)10-11-23-17-9-4-3-8-16(17)22-2/h3-9,12,15H,10-11H2,1-2H3,(H,19,20). The molecule has 0 bridgehead atoms. The predicted molar refractivity (Wildman–Crippen MR) is 86.5 cm³/mol. The molecule has 0 heterocycles. The first-order valence-electron chi connectivity index (χ1n) is 7.28. The van der Waals surface area contributed by atoms with Gasteiger partial charge in [-0.1, -0.05) is 24.3 Å². The number of hydrogen-bond acceptors (Lipinski definition) is 4. The third kappa shape index (κ3) is 4.39. The number of carboxylic acids is 1. The van der Waals surface area contributed by atoms with Crippen molar-refractivity contribution in [2.45, 2.75) is 12.3 Å². The van der Waals surface area contributed by atoms with Gasteiger partial charge in [-0.3, -0.25) is 4.79 Å². The largest absolute Gasteiger partial charge is 0.497 e. The zero-order chi connectivity index (χ0) is 16.7. The molecule has 0 spiro atoms. The number of carboxylic acid groups (broad SMARTS) is 1. The average molecular weight is 316 g/mol. The second-order valence-electron chi connectivity index (χ2n) is 4.96. The fraction of sp³-hybridized carbons (Fsp3) is 0.278. The summed E-state index contributed by atoms with van der Waals surface area (Å²) < 4.78 is 16.0. The van der Waals surface area contributed by atoms with Gasteiger partial charge in [0, 0.05) is 0 Å². The van der Waals surface area contributed by atoms with E-state index < -0.39 is 11.9 Å². The molecule has 0 aromatic heterocycles. The van der Waals surface area contributed by atoms with E-state index in [1.807, 2.05) is 12.1 Å². The summed E-state index contributed by atoms with van der Waals surface area (Å²) >= 11 is 0. The molecular formula is C18H20O5. The zero-order valence-electron chi connectivity index (χ0n) is 13.2. The summed E-state index contributed by atoms with van der Waals surface area (Å²) in [5, 5.41) is 9.47. The lowest BCUT2D eigenvalue weighted by molar-refractivity contribution is -0.139. The summed E-state index contributed by atoms with van der Waals surface area (Å²) in [6.45, 7) is 0.272. The van der Waals surface area contributed by atoms with Gasteiger partial charge < -0.3 is 19.3 Å². The van der Waals surface area contributed by atoms with Crippen molar-refractivity contribution in [3.8, 4) is 17.2 Å². The van der Waals surface area contributed by atoms with Crippen LogP contribution < -0.4 is 14.2 Å². The molecule has 122 valence electrons. The van der Waals surface area contributed by atoms with Crippen LogP contribution in [0.15, 0.2) is 48.5 Å². The van der Waals surface area contributed by atoms with Crippen molar-refractivity contribution < 1.29 is 24.1 Å². The number of aliphatic carboxylic acids is 1. The number of para-hydroxylation sites is 2. The van der Waals surface area contributed by atoms with Crippen LogP contribution in [0.5, 0.6) is 17.2 Å². The van der Waals surface area contributed by atoms with Crippen LogP contribution in [0.3, 0.4) is 0 Å². The van der Waals surface area contributed by atoms with Crippen molar-refractivity contribution in [3.05, 3.63) is 54.1 Å². The van der Waals surface area contributed by atoms with E-state index in [9.17, 15) is 9.90 Å². The van der Waals surface area contributed by atoms with Crippen LogP contribution >= 0.6 is 0 Å². The predicted octanol–water partition coefficient (Wildman–Crippen LogP) is 3.34. The van der Waals surface area contributed by atoms with E-state index in [2.05, 4.69) is 0 Å². The van der Waals surface area contributed by atoms with Crippen LogP contribution in [0.2, 0.25) is 0 Å². The third-order valence-corrected chi connectivity index (χ3v) is 3.53. The third-order valence-electron chi connectivity index (χ3n) is 3.53. The number of rotatable bonds is 8. The van der Waals surface area contributed by atoms with E-state index in [1.165, 1.54) is 0 Å². The van der Waals surface area contributed by atoms with Crippen LogP contribution in [-0.2, 0) is 4.79 Å². The van der Waals surface area contributed by atoms with Gasteiger partial charge in [0.05, 0.1) is 26.7 Å². The number of hydrogen-bond donors (Lipinski definition) is 1. The zero-order valence-corrected chi connectivity index (χ0v) is 13.2. The molecule has 1 unspecified atom stereocenters. The summed E-state index contributed by atoms with van der Waals surface area (Å²) in [6.07, 6.45) is 0.348. The van der Waals surface area contributed by atoms with Crippen LogP contribution in [-0.4, -0.2) is 31.9 Å². The minimum Gasteiger partial charge on any atom is -0.497 e. The summed E-state index contributed by atoms with van der Waals surface area (Å²) in [4.78, 5) is 11.5. The Morgan fingerprint density at radius 2 is 1.78 bits per heavy atom. The minimum absolute atomic E-state index is 0.272. The van der Waals surface area contributed by atoms with Gasteiger partial charge in [0.2, 0.25) is 0 Å². The molecule has 0 aliphatic carbocycles. The molecule has 2 rings (SSSR count). The molecule has 0 aliphatic rings. The summed E-state index contributed by atoms with van der Waals surface area (Å²) in [7, 11) is 3.12. The highest BCUT2D eigenvalue weighted by atomic mass is 16.5. The van der Waals surface area contributed by atoms with Gasteiger partial charge in [0.1, 0.15) is 5.75 Å². The number of ether oxygens (including phenoxy) is 3. The Morgan fingerprint density at radius 1 is 1.04 bits per heavy atom. The highest BCUT2D eigenvalue weighted by Gasteiger charge is 2.20. The van der Waals surface area contributed by atoms with E-state index in [-0.39, 0.29) is 6.61 Å². The summed E-state index contributed by atoms with van der Waals surface area (Å²) in [5.41, 5.74) is 0.695. The Hall–Kier alpha value is -2.69. The van der Waals surface area contributed by atoms with Gasteiger partial charge in [-0.05, 0) is 36.2 Å². The maximum Gasteiger partial charge on any atom is 0.311 e. The first-order valence-corrected chi connectivity index (χ1v) is 7.28. The Balaban J connectivity index is 2.04. The van der Waals surface area contributed by atoms with Crippen molar-refractivity contribution in [1.29, 1.82) is 0 Å². The molecule has 0 fully saturated rings. The Labute approximate surface area is 135 Å². The second kappa shape index (κ2) is 8.08. The molecule has 5 nitrogen and oxygen atoms in total. The lowest BCUT2D eigenvalue weighted by atomic mass is 9.96. The Kier molecular flexibility index (Phi) is 5.86. The molecule has 0 radical (unpaired) electrons. The summed E-state index contributed by atoms with van der Waals surface area (Å²) in [5.74, 6) is 0.326. The molecule has 0 saturated carbocycles. The maximum atomic E-state index is 11.5. The second-order valence-corrected chi connectivity index (χ2v) is 4.96. The lowest BCUT2D eigenvalue weighted by Crippen LogP contribution is -2.15. The monoisotopic (exact) mass is 316 g/mol. The van der Waals surface area contributed by atoms with Gasteiger partial charge in [-0.2, -0.15) is 0 Å². The first-order chi connectivity index (χ1) is 11.2. The number of carbonyl (C=O) groups is 1. The molecule has 2 aromatic rings. The molecule has 1 atom stereocenters. The fourth-order valence-electron chi connectivity index (χ4n) is 2.32. The Bertz CT molecular complexity index is 653. The van der Waals surface area contributed by atoms with Crippen molar-refractivity contribution in [2.75, 3.05) is 20.8 Å². The van der Waals surface area contributed by atoms with Gasteiger partial charge in [0.25, 0.3) is 0 Å². The van der Waals surface area contributed by atoms with Crippen molar-refractivity contribution in [2.24, 2.45) is 0 Å². The Morgan fingerprint density at radius 3 is 2.43 bits per heavy atom. The lowest BCUT2D eigenvalue weighted by Gasteiger charge is -2.15. The molecule has 0 aliphatic heterocycles. The topological polar surface area (TPSA) is 65.0 Å². The number of methoxy groups -OCH3 is 2. The van der Waals surface area contributed by atoms with Crippen LogP contribution in [0, 0.1) is 0 Å². The first kappa shape index (κ1) is 16.7. The van der Waals surface area contributed by atoms with E-state index in [1.54, 1.807) is 50.6 Å². The molecule has 1 N–H and O–H groups in total. The molecular weight excluding hydrogens is 296 g/mol. The SMILES string of the molecule is COc1cccc(C(CCOc2ccccc2OC)C(=O)O)c1. The highest BCUT2D eigenvalue weighted by Crippen LogP contribution is 2.28. The summed E-state index contributed by atoms with van der Waals surface area (Å²) in [6, 6.07) is 14.4. The number of benzene rings is 2. The minimum atomic E-state index is -0.887. The maximum absolute atomic E-state index is 11.5. The molecule has 23 heavy (non-hydrogen) atoms. The molecule has 5 heteroatoms. The average Bonchev–Trinajstić information content (AvgIpc) is 2.58. The highest BCUT2D eigenvalue weighted by molar-refractivity contribution is 5.76. The van der Waals surface area contributed by atoms with Gasteiger partial charge in [0.15, 0.2) is 11.5 Å².